The van der Waals surface area contributed by atoms with Crippen LogP contribution in [0.25, 0.3) is 0 Å². The third-order valence-electron chi connectivity index (χ3n) is 2.53. The number of likely N-dealkylation sites (N-methyl/N-ethyl adjacent to an activating group) is 1. The van der Waals surface area contributed by atoms with Crippen molar-refractivity contribution >= 4 is 17.5 Å². The Morgan fingerprint density at radius 2 is 2.12 bits per heavy atom. The van der Waals surface area contributed by atoms with Crippen molar-refractivity contribution < 1.29 is 4.79 Å². The molecule has 4 N–H and O–H groups in total. The molecular weight excluding hydrogens is 220 g/mol. The van der Waals surface area contributed by atoms with E-state index in [1.54, 1.807) is 11.9 Å². The van der Waals surface area contributed by atoms with Crippen LogP contribution in [0.5, 0.6) is 0 Å². The smallest absolute Gasteiger partial charge is 0.241 e. The molecule has 0 atom stereocenters. The van der Waals surface area contributed by atoms with Crippen LogP contribution in [0.1, 0.15) is 12.5 Å². The van der Waals surface area contributed by atoms with Crippen LogP contribution in [0.15, 0.2) is 6.33 Å². The number of hydrogen-bond acceptors (Lipinski definition) is 6. The number of amides is 1. The van der Waals surface area contributed by atoms with Gasteiger partial charge in [0.15, 0.2) is 0 Å². The molecule has 1 amide bonds. The molecule has 17 heavy (non-hydrogen) atoms. The first-order valence-electron chi connectivity index (χ1n) is 5.36. The van der Waals surface area contributed by atoms with Crippen molar-refractivity contribution in [3.05, 3.63) is 11.9 Å². The number of carbonyl (C=O) groups excluding carboxylic acids is 1. The second-order valence-electron chi connectivity index (χ2n) is 3.60. The molecule has 1 heterocycles. The van der Waals surface area contributed by atoms with Gasteiger partial charge >= 0.3 is 0 Å². The third-order valence-corrected chi connectivity index (χ3v) is 2.53. The Morgan fingerprint density at radius 1 is 1.47 bits per heavy atom. The number of anilines is 2. The highest BCUT2D eigenvalue weighted by Crippen LogP contribution is 2.16. The first kappa shape index (κ1) is 13.2. The summed E-state index contributed by atoms with van der Waals surface area (Å²) in [4.78, 5) is 21.2. The van der Waals surface area contributed by atoms with Crippen molar-refractivity contribution in [1.82, 2.24) is 14.9 Å². The zero-order valence-electron chi connectivity index (χ0n) is 10.3. The molecule has 1 aromatic heterocycles. The number of nitrogens with zero attached hydrogens (tertiary/aromatic N) is 3. The molecule has 0 saturated carbocycles. The Hall–Kier alpha value is -1.89. The van der Waals surface area contributed by atoms with Gasteiger partial charge in [-0.1, -0.05) is 0 Å². The predicted molar refractivity (Wildman–Crippen MR) is 66.4 cm³/mol. The van der Waals surface area contributed by atoms with Gasteiger partial charge in [0.1, 0.15) is 18.0 Å². The molecule has 0 aromatic carbocycles. The molecule has 94 valence electrons. The normalized spacial score (nSPS) is 9.88. The number of hydrogen-bond donors (Lipinski definition) is 3. The van der Waals surface area contributed by atoms with Crippen LogP contribution in [-0.2, 0) is 4.79 Å². The van der Waals surface area contributed by atoms with E-state index in [9.17, 15) is 4.79 Å². The van der Waals surface area contributed by atoms with Crippen LogP contribution in [0.4, 0.5) is 11.6 Å². The third kappa shape index (κ3) is 3.28. The van der Waals surface area contributed by atoms with Crippen molar-refractivity contribution in [2.45, 2.75) is 13.8 Å². The van der Waals surface area contributed by atoms with Gasteiger partial charge in [-0.2, -0.15) is 0 Å². The molecule has 0 spiro atoms. The summed E-state index contributed by atoms with van der Waals surface area (Å²) in [5, 5.41) is 2.96. The number of carbonyl (C=O) groups is 1. The van der Waals surface area contributed by atoms with Crippen molar-refractivity contribution in [2.75, 3.05) is 30.9 Å². The molecule has 0 fully saturated rings. The molecular formula is C10H18N6O. The van der Waals surface area contributed by atoms with Gasteiger partial charge < -0.3 is 15.6 Å². The highest BCUT2D eigenvalue weighted by atomic mass is 16.2. The van der Waals surface area contributed by atoms with Gasteiger partial charge in [0, 0.05) is 19.2 Å². The maximum atomic E-state index is 11.6. The van der Waals surface area contributed by atoms with Crippen molar-refractivity contribution in [3.8, 4) is 0 Å². The van der Waals surface area contributed by atoms with E-state index < -0.39 is 0 Å². The number of aromatic nitrogens is 2. The van der Waals surface area contributed by atoms with E-state index in [1.165, 1.54) is 6.33 Å². The van der Waals surface area contributed by atoms with Crippen LogP contribution in [0.2, 0.25) is 0 Å². The Morgan fingerprint density at radius 3 is 2.71 bits per heavy atom. The molecule has 0 radical (unpaired) electrons. The summed E-state index contributed by atoms with van der Waals surface area (Å²) >= 11 is 0. The Bertz CT molecular complexity index is 394. The van der Waals surface area contributed by atoms with Crippen LogP contribution in [0.3, 0.4) is 0 Å². The quantitative estimate of drug-likeness (QED) is 0.492. The number of hydrazine groups is 1. The lowest BCUT2D eigenvalue weighted by Gasteiger charge is -2.16. The summed E-state index contributed by atoms with van der Waals surface area (Å²) in [6.07, 6.45) is 1.39. The second-order valence-corrected chi connectivity index (χ2v) is 3.60. The highest BCUT2D eigenvalue weighted by Gasteiger charge is 2.09. The van der Waals surface area contributed by atoms with E-state index in [-0.39, 0.29) is 12.5 Å². The fourth-order valence-corrected chi connectivity index (χ4v) is 1.24. The molecule has 1 rings (SSSR count). The van der Waals surface area contributed by atoms with Gasteiger partial charge in [-0.3, -0.25) is 4.79 Å². The lowest BCUT2D eigenvalue weighted by molar-refractivity contribution is -0.127. The van der Waals surface area contributed by atoms with Gasteiger partial charge in [-0.15, -0.1) is 0 Å². The lowest BCUT2D eigenvalue weighted by Crippen LogP contribution is -2.32. The summed E-state index contributed by atoms with van der Waals surface area (Å²) < 4.78 is 0. The standard InChI is InChI=1S/C10H18N6O/c1-4-16(3)8(17)5-12-9-7(2)10(15-11)14-6-13-9/h6H,4-5,11H2,1-3H3,(H2,12,13,14,15). The van der Waals surface area contributed by atoms with Crippen LogP contribution in [0, 0.1) is 6.92 Å². The minimum atomic E-state index is 0.00719. The number of nitrogen functional groups attached to an aromatic ring is 1. The van der Waals surface area contributed by atoms with Crippen LogP contribution in [-0.4, -0.2) is 40.9 Å². The lowest BCUT2D eigenvalue weighted by atomic mass is 10.3. The Labute approximate surface area is 100 Å². The van der Waals surface area contributed by atoms with E-state index in [2.05, 4.69) is 20.7 Å². The zero-order valence-corrected chi connectivity index (χ0v) is 10.3. The Balaban J connectivity index is 2.67. The number of rotatable bonds is 5. The highest BCUT2D eigenvalue weighted by molar-refractivity contribution is 5.80. The van der Waals surface area contributed by atoms with E-state index in [0.29, 0.717) is 18.2 Å². The Kier molecular flexibility index (Phi) is 4.65. The van der Waals surface area contributed by atoms with Crippen molar-refractivity contribution in [2.24, 2.45) is 5.84 Å². The van der Waals surface area contributed by atoms with Crippen molar-refractivity contribution in [1.29, 1.82) is 0 Å². The topological polar surface area (TPSA) is 96.2 Å². The SMILES string of the molecule is CCN(C)C(=O)CNc1ncnc(NN)c1C. The van der Waals surface area contributed by atoms with Crippen molar-refractivity contribution in [3.63, 3.8) is 0 Å². The molecule has 0 saturated heterocycles. The minimum Gasteiger partial charge on any atom is -0.361 e. The largest absolute Gasteiger partial charge is 0.361 e. The van der Waals surface area contributed by atoms with E-state index in [0.717, 1.165) is 5.56 Å². The fraction of sp³-hybridized carbons (Fsp3) is 0.500. The average molecular weight is 238 g/mol. The summed E-state index contributed by atoms with van der Waals surface area (Å²) in [6, 6.07) is 0. The van der Waals surface area contributed by atoms with E-state index in [1.807, 2.05) is 13.8 Å². The summed E-state index contributed by atoms with van der Waals surface area (Å²) in [7, 11) is 1.75. The van der Waals surface area contributed by atoms with Gasteiger partial charge in [-0.25, -0.2) is 15.8 Å². The fourth-order valence-electron chi connectivity index (χ4n) is 1.24. The molecule has 0 bridgehead atoms. The van der Waals surface area contributed by atoms with Gasteiger partial charge in [0.05, 0.1) is 6.54 Å². The minimum absolute atomic E-state index is 0.00719. The summed E-state index contributed by atoms with van der Waals surface area (Å²) in [5.74, 6) is 6.45. The van der Waals surface area contributed by atoms with Gasteiger partial charge in [0.25, 0.3) is 0 Å². The molecule has 1 aromatic rings. The van der Waals surface area contributed by atoms with E-state index in [4.69, 9.17) is 5.84 Å². The molecule has 0 aliphatic rings. The average Bonchev–Trinajstić information content (AvgIpc) is 2.36. The maximum Gasteiger partial charge on any atom is 0.241 e. The second kappa shape index (κ2) is 6.00. The molecule has 7 heteroatoms. The molecule has 0 unspecified atom stereocenters. The van der Waals surface area contributed by atoms with Crippen LogP contribution < -0.4 is 16.6 Å². The monoisotopic (exact) mass is 238 g/mol. The summed E-state index contributed by atoms with van der Waals surface area (Å²) in [6.45, 7) is 4.63. The van der Waals surface area contributed by atoms with Crippen LogP contribution >= 0.6 is 0 Å². The first-order valence-corrected chi connectivity index (χ1v) is 5.36. The van der Waals surface area contributed by atoms with Gasteiger partial charge in [0.2, 0.25) is 5.91 Å². The molecule has 7 nitrogen and oxygen atoms in total. The number of nitrogens with one attached hydrogen (secondary N) is 2. The first-order chi connectivity index (χ1) is 8.10. The predicted octanol–water partition coefficient (Wildman–Crippen LogP) is -0.0392. The zero-order chi connectivity index (χ0) is 12.8. The molecule has 0 aliphatic heterocycles. The van der Waals surface area contributed by atoms with E-state index >= 15 is 0 Å². The number of nitrogens with two attached hydrogens (primary N) is 1. The maximum absolute atomic E-state index is 11.6. The summed E-state index contributed by atoms with van der Waals surface area (Å²) in [5.41, 5.74) is 3.25. The molecule has 0 aliphatic carbocycles. The van der Waals surface area contributed by atoms with Gasteiger partial charge in [-0.05, 0) is 13.8 Å².